The molecular formula is C13H16N3O. The number of rotatable bonds is 4. The van der Waals surface area contributed by atoms with Gasteiger partial charge < -0.3 is 15.6 Å². The molecule has 1 heterocycles. The van der Waals surface area contributed by atoms with Gasteiger partial charge in [0, 0.05) is 18.6 Å². The number of likely N-dealkylation sites (N-methyl/N-ethyl adjacent to an activating group) is 1. The van der Waals surface area contributed by atoms with Gasteiger partial charge in [0.2, 0.25) is 0 Å². The summed E-state index contributed by atoms with van der Waals surface area (Å²) in [4.78, 5) is 14.9. The Bertz CT molecular complexity index is 530. The molecule has 17 heavy (non-hydrogen) atoms. The molecule has 4 heteroatoms. The number of carbonyl (C=O) groups is 1. The molecule has 0 saturated carbocycles. The largest absolute Gasteiger partial charge is 0.360 e. The third-order valence-corrected chi connectivity index (χ3v) is 2.85. The lowest BCUT2D eigenvalue weighted by atomic mass is 10.1. The van der Waals surface area contributed by atoms with Crippen LogP contribution in [-0.2, 0) is 6.42 Å². The molecule has 0 unspecified atom stereocenters. The molecule has 0 aliphatic heterocycles. The first-order valence-electron chi connectivity index (χ1n) is 5.64. The van der Waals surface area contributed by atoms with Crippen molar-refractivity contribution in [3.8, 4) is 0 Å². The molecule has 0 spiro atoms. The van der Waals surface area contributed by atoms with E-state index < -0.39 is 0 Å². The second kappa shape index (κ2) is 5.01. The average molecular weight is 230 g/mol. The van der Waals surface area contributed by atoms with Crippen LogP contribution in [0.25, 0.3) is 10.9 Å². The van der Waals surface area contributed by atoms with Gasteiger partial charge in [-0.1, -0.05) is 0 Å². The molecule has 1 radical (unpaired) electrons. The SMILES string of the molecule is CNCCc1c[nH]c2c(C(=O)NC)c[c]cc12. The minimum atomic E-state index is -0.0890. The molecule has 0 atom stereocenters. The lowest BCUT2D eigenvalue weighted by Gasteiger charge is -2.02. The van der Waals surface area contributed by atoms with Crippen LogP contribution in [0.2, 0.25) is 0 Å². The molecule has 4 nitrogen and oxygen atoms in total. The normalized spacial score (nSPS) is 10.7. The highest BCUT2D eigenvalue weighted by Crippen LogP contribution is 2.21. The quantitative estimate of drug-likeness (QED) is 0.736. The van der Waals surface area contributed by atoms with Gasteiger partial charge in [-0.3, -0.25) is 4.79 Å². The third kappa shape index (κ3) is 2.17. The highest BCUT2D eigenvalue weighted by molar-refractivity contribution is 6.06. The molecule has 89 valence electrons. The molecule has 0 fully saturated rings. The maximum absolute atomic E-state index is 11.7. The molecule has 1 aromatic heterocycles. The summed E-state index contributed by atoms with van der Waals surface area (Å²) >= 11 is 0. The highest BCUT2D eigenvalue weighted by Gasteiger charge is 2.11. The van der Waals surface area contributed by atoms with E-state index in [-0.39, 0.29) is 5.91 Å². The van der Waals surface area contributed by atoms with Crippen LogP contribution in [0.3, 0.4) is 0 Å². The first-order valence-corrected chi connectivity index (χ1v) is 5.64. The summed E-state index contributed by atoms with van der Waals surface area (Å²) in [5, 5.41) is 6.82. The molecule has 2 aromatic rings. The zero-order valence-electron chi connectivity index (χ0n) is 10.1. The molecule has 0 saturated heterocycles. The summed E-state index contributed by atoms with van der Waals surface area (Å²) < 4.78 is 0. The minimum Gasteiger partial charge on any atom is -0.360 e. The van der Waals surface area contributed by atoms with Crippen molar-refractivity contribution in [3.63, 3.8) is 0 Å². The molecule has 1 aromatic carbocycles. The van der Waals surface area contributed by atoms with E-state index in [1.54, 1.807) is 13.1 Å². The third-order valence-electron chi connectivity index (χ3n) is 2.85. The standard InChI is InChI=1S/C13H16N3O/c1-14-7-6-9-8-16-12-10(9)4-3-5-11(12)13(17)15-2/h4-5,8,14,16H,6-7H2,1-2H3,(H,15,17). The second-order valence-corrected chi connectivity index (χ2v) is 3.90. The van der Waals surface area contributed by atoms with Crippen LogP contribution >= 0.6 is 0 Å². The Morgan fingerprint density at radius 3 is 2.94 bits per heavy atom. The molecule has 3 N–H and O–H groups in total. The molecular weight excluding hydrogens is 214 g/mol. The van der Waals surface area contributed by atoms with Crippen LogP contribution < -0.4 is 10.6 Å². The van der Waals surface area contributed by atoms with Gasteiger partial charge in [0.15, 0.2) is 0 Å². The number of aromatic nitrogens is 1. The topological polar surface area (TPSA) is 56.9 Å². The van der Waals surface area contributed by atoms with E-state index in [2.05, 4.69) is 21.7 Å². The fourth-order valence-corrected chi connectivity index (χ4v) is 1.92. The number of nitrogens with one attached hydrogen (secondary N) is 3. The van der Waals surface area contributed by atoms with Crippen LogP contribution in [-0.4, -0.2) is 31.5 Å². The monoisotopic (exact) mass is 230 g/mol. The van der Waals surface area contributed by atoms with Gasteiger partial charge in [-0.2, -0.15) is 0 Å². The van der Waals surface area contributed by atoms with Crippen LogP contribution in [0.5, 0.6) is 0 Å². The van der Waals surface area contributed by atoms with Gasteiger partial charge in [-0.25, -0.2) is 0 Å². The molecule has 1 amide bonds. The van der Waals surface area contributed by atoms with Gasteiger partial charge in [0.05, 0.1) is 11.1 Å². The average Bonchev–Trinajstić information content (AvgIpc) is 2.78. The van der Waals surface area contributed by atoms with Gasteiger partial charge in [0.25, 0.3) is 5.91 Å². The van der Waals surface area contributed by atoms with E-state index in [9.17, 15) is 4.79 Å². The van der Waals surface area contributed by atoms with E-state index in [4.69, 9.17) is 0 Å². The smallest absolute Gasteiger partial charge is 0.253 e. The van der Waals surface area contributed by atoms with Crippen molar-refractivity contribution < 1.29 is 4.79 Å². The summed E-state index contributed by atoms with van der Waals surface area (Å²) in [5.41, 5.74) is 2.73. The summed E-state index contributed by atoms with van der Waals surface area (Å²) in [6.45, 7) is 0.914. The summed E-state index contributed by atoms with van der Waals surface area (Å²) in [5.74, 6) is -0.0890. The number of aromatic amines is 1. The van der Waals surface area contributed by atoms with Crippen molar-refractivity contribution in [2.45, 2.75) is 6.42 Å². The first-order chi connectivity index (χ1) is 8.27. The lowest BCUT2D eigenvalue weighted by molar-refractivity contribution is 0.0964. The number of hydrogen-bond acceptors (Lipinski definition) is 2. The number of fused-ring (bicyclic) bond motifs is 1. The predicted molar refractivity (Wildman–Crippen MR) is 68.2 cm³/mol. The Kier molecular flexibility index (Phi) is 3.44. The number of hydrogen-bond donors (Lipinski definition) is 3. The van der Waals surface area contributed by atoms with Gasteiger partial charge in [-0.05, 0) is 43.8 Å². The van der Waals surface area contributed by atoms with E-state index in [1.807, 2.05) is 19.3 Å². The van der Waals surface area contributed by atoms with E-state index >= 15 is 0 Å². The van der Waals surface area contributed by atoms with E-state index in [0.717, 1.165) is 23.9 Å². The maximum Gasteiger partial charge on any atom is 0.253 e. The Hall–Kier alpha value is -1.81. The van der Waals surface area contributed by atoms with Crippen LogP contribution in [0.4, 0.5) is 0 Å². The van der Waals surface area contributed by atoms with Crippen molar-refractivity contribution in [3.05, 3.63) is 35.5 Å². The van der Waals surface area contributed by atoms with Gasteiger partial charge >= 0.3 is 0 Å². The number of H-pyrrole nitrogens is 1. The number of benzene rings is 1. The number of amides is 1. The lowest BCUT2D eigenvalue weighted by Crippen LogP contribution is -2.18. The van der Waals surface area contributed by atoms with Crippen molar-refractivity contribution in [2.75, 3.05) is 20.6 Å². The molecule has 0 bridgehead atoms. The first kappa shape index (κ1) is 11.7. The molecule has 0 aliphatic rings. The number of carbonyl (C=O) groups excluding carboxylic acids is 1. The van der Waals surface area contributed by atoms with Crippen LogP contribution in [0.15, 0.2) is 18.3 Å². The fraction of sp³-hybridized carbons (Fsp3) is 0.308. The van der Waals surface area contributed by atoms with Crippen molar-refractivity contribution in [1.82, 2.24) is 15.6 Å². The van der Waals surface area contributed by atoms with Gasteiger partial charge in [-0.15, -0.1) is 0 Å². The van der Waals surface area contributed by atoms with Crippen molar-refractivity contribution in [2.24, 2.45) is 0 Å². The maximum atomic E-state index is 11.7. The van der Waals surface area contributed by atoms with E-state index in [1.165, 1.54) is 5.56 Å². The zero-order valence-corrected chi connectivity index (χ0v) is 10.1. The van der Waals surface area contributed by atoms with Crippen LogP contribution in [0.1, 0.15) is 15.9 Å². The minimum absolute atomic E-state index is 0.0890. The summed E-state index contributed by atoms with van der Waals surface area (Å²) in [6, 6.07) is 6.65. The summed E-state index contributed by atoms with van der Waals surface area (Å²) in [7, 11) is 3.56. The molecule has 2 rings (SSSR count). The molecule has 0 aliphatic carbocycles. The van der Waals surface area contributed by atoms with Crippen molar-refractivity contribution >= 4 is 16.8 Å². The second-order valence-electron chi connectivity index (χ2n) is 3.90. The van der Waals surface area contributed by atoms with Crippen LogP contribution in [0, 0.1) is 6.07 Å². The Morgan fingerprint density at radius 2 is 2.24 bits per heavy atom. The fourth-order valence-electron chi connectivity index (χ4n) is 1.92. The van der Waals surface area contributed by atoms with Crippen molar-refractivity contribution in [1.29, 1.82) is 0 Å². The zero-order chi connectivity index (χ0) is 12.3. The highest BCUT2D eigenvalue weighted by atomic mass is 16.1. The Morgan fingerprint density at radius 1 is 1.41 bits per heavy atom. The Labute approximate surface area is 100 Å². The summed E-state index contributed by atoms with van der Waals surface area (Å²) in [6.07, 6.45) is 2.89. The van der Waals surface area contributed by atoms with E-state index in [0.29, 0.717) is 5.56 Å². The van der Waals surface area contributed by atoms with Gasteiger partial charge in [0.1, 0.15) is 0 Å². The predicted octanol–water partition coefficient (Wildman–Crippen LogP) is 1.09. The Balaban J connectivity index is 2.45.